The van der Waals surface area contributed by atoms with Gasteiger partial charge in [0, 0.05) is 28.9 Å². The standard InChI is InChI=1S/C20H14N4O2S/c1-23-15-10-6-5-9-13(15)14-11-21-18-17(27-12-7-3-2-4-8-12)16(20(25)26)22-24(18)19(14)23/h2-11H,1H3,(H,25,26). The van der Waals surface area contributed by atoms with E-state index in [0.717, 1.165) is 26.8 Å². The summed E-state index contributed by atoms with van der Waals surface area (Å²) < 4.78 is 3.67. The van der Waals surface area contributed by atoms with Crippen LogP contribution in [-0.2, 0) is 7.05 Å². The van der Waals surface area contributed by atoms with E-state index in [9.17, 15) is 9.90 Å². The molecule has 0 aliphatic heterocycles. The maximum atomic E-state index is 11.9. The molecular weight excluding hydrogens is 360 g/mol. The van der Waals surface area contributed by atoms with Crippen LogP contribution in [0.4, 0.5) is 0 Å². The molecule has 2 aromatic carbocycles. The number of benzene rings is 2. The number of carboxylic acids is 1. The van der Waals surface area contributed by atoms with Gasteiger partial charge in [-0.15, -0.1) is 0 Å². The number of rotatable bonds is 3. The van der Waals surface area contributed by atoms with E-state index in [1.807, 2.05) is 66.2 Å². The number of aromatic carboxylic acids is 1. The first-order chi connectivity index (χ1) is 13.1. The van der Waals surface area contributed by atoms with E-state index < -0.39 is 5.97 Å². The molecule has 0 saturated carbocycles. The lowest BCUT2D eigenvalue weighted by molar-refractivity contribution is 0.0686. The third kappa shape index (κ3) is 2.32. The zero-order valence-electron chi connectivity index (χ0n) is 14.3. The third-order valence-electron chi connectivity index (χ3n) is 4.62. The van der Waals surface area contributed by atoms with Crippen LogP contribution in [0, 0.1) is 0 Å². The van der Waals surface area contributed by atoms with Crippen LogP contribution in [0.25, 0.3) is 27.6 Å². The van der Waals surface area contributed by atoms with Crippen LogP contribution in [0.3, 0.4) is 0 Å². The van der Waals surface area contributed by atoms with Crippen molar-refractivity contribution in [2.45, 2.75) is 9.79 Å². The third-order valence-corrected chi connectivity index (χ3v) is 5.70. The van der Waals surface area contributed by atoms with Gasteiger partial charge in [-0.25, -0.2) is 9.78 Å². The quantitative estimate of drug-likeness (QED) is 0.512. The van der Waals surface area contributed by atoms with Gasteiger partial charge < -0.3 is 9.67 Å². The van der Waals surface area contributed by atoms with Gasteiger partial charge in [0.25, 0.3) is 0 Å². The minimum Gasteiger partial charge on any atom is -0.476 e. The summed E-state index contributed by atoms with van der Waals surface area (Å²) in [7, 11) is 1.95. The van der Waals surface area contributed by atoms with Crippen molar-refractivity contribution in [3.8, 4) is 0 Å². The van der Waals surface area contributed by atoms with E-state index in [1.54, 1.807) is 10.7 Å². The van der Waals surface area contributed by atoms with Gasteiger partial charge in [0.1, 0.15) is 5.65 Å². The van der Waals surface area contributed by atoms with Gasteiger partial charge in [-0.05, 0) is 18.2 Å². The summed E-state index contributed by atoms with van der Waals surface area (Å²) >= 11 is 1.36. The SMILES string of the molecule is Cn1c2ccccc2c2cnc3c(Sc4ccccc4)c(C(=O)O)nn3c21. The van der Waals surface area contributed by atoms with Gasteiger partial charge in [0.2, 0.25) is 0 Å². The summed E-state index contributed by atoms with van der Waals surface area (Å²) in [5.41, 5.74) is 2.42. The summed E-state index contributed by atoms with van der Waals surface area (Å²) in [5.74, 6) is -1.06. The Morgan fingerprint density at radius 1 is 1.04 bits per heavy atom. The van der Waals surface area contributed by atoms with Gasteiger partial charge in [0.05, 0.1) is 10.4 Å². The molecule has 0 amide bonds. The molecule has 7 heteroatoms. The molecule has 5 rings (SSSR count). The topological polar surface area (TPSA) is 72.4 Å². The van der Waals surface area contributed by atoms with Gasteiger partial charge in [-0.1, -0.05) is 48.2 Å². The van der Waals surface area contributed by atoms with Crippen molar-refractivity contribution in [3.63, 3.8) is 0 Å². The van der Waals surface area contributed by atoms with Crippen molar-refractivity contribution >= 4 is 45.3 Å². The first-order valence-electron chi connectivity index (χ1n) is 8.36. The molecule has 0 atom stereocenters. The number of nitrogens with zero attached hydrogens (tertiary/aromatic N) is 4. The molecule has 27 heavy (non-hydrogen) atoms. The maximum Gasteiger partial charge on any atom is 0.357 e. The normalized spacial score (nSPS) is 11.6. The Labute approximate surface area is 158 Å². The molecule has 0 radical (unpaired) electrons. The van der Waals surface area contributed by atoms with E-state index in [4.69, 9.17) is 0 Å². The highest BCUT2D eigenvalue weighted by atomic mass is 32.2. The zero-order valence-corrected chi connectivity index (χ0v) is 15.1. The number of aryl methyl sites for hydroxylation is 1. The van der Waals surface area contributed by atoms with Crippen LogP contribution >= 0.6 is 11.8 Å². The second kappa shape index (κ2) is 5.85. The molecule has 0 spiro atoms. The summed E-state index contributed by atoms with van der Waals surface area (Å²) in [5, 5.41) is 16.1. The van der Waals surface area contributed by atoms with Crippen LogP contribution in [0.5, 0.6) is 0 Å². The van der Waals surface area contributed by atoms with Crippen molar-refractivity contribution in [2.24, 2.45) is 7.05 Å². The summed E-state index contributed by atoms with van der Waals surface area (Å²) in [6, 6.07) is 17.7. The first kappa shape index (κ1) is 15.9. The number of hydrogen-bond acceptors (Lipinski definition) is 4. The van der Waals surface area contributed by atoms with Crippen LogP contribution < -0.4 is 0 Å². The van der Waals surface area contributed by atoms with Crippen LogP contribution in [-0.4, -0.2) is 30.2 Å². The predicted molar refractivity (Wildman–Crippen MR) is 104 cm³/mol. The fraction of sp³-hybridized carbons (Fsp3) is 0.0500. The Morgan fingerprint density at radius 3 is 2.56 bits per heavy atom. The van der Waals surface area contributed by atoms with Gasteiger partial charge in [-0.2, -0.15) is 9.61 Å². The highest BCUT2D eigenvalue weighted by molar-refractivity contribution is 7.99. The molecule has 6 nitrogen and oxygen atoms in total. The van der Waals surface area contributed by atoms with Crippen LogP contribution in [0.2, 0.25) is 0 Å². The fourth-order valence-corrected chi connectivity index (χ4v) is 4.40. The summed E-state index contributed by atoms with van der Waals surface area (Å²) in [6.45, 7) is 0. The lowest BCUT2D eigenvalue weighted by Crippen LogP contribution is -2.01. The van der Waals surface area contributed by atoms with Gasteiger partial charge >= 0.3 is 5.97 Å². The van der Waals surface area contributed by atoms with Crippen LogP contribution in [0.1, 0.15) is 10.5 Å². The van der Waals surface area contributed by atoms with Crippen LogP contribution in [0.15, 0.2) is 70.6 Å². The van der Waals surface area contributed by atoms with E-state index in [-0.39, 0.29) is 5.69 Å². The van der Waals surface area contributed by atoms with Gasteiger partial charge in [-0.3, -0.25) is 0 Å². The Bertz CT molecular complexity index is 1340. The molecule has 0 unspecified atom stereocenters. The number of carboxylic acid groups (broad SMARTS) is 1. The predicted octanol–water partition coefficient (Wildman–Crippen LogP) is 4.22. The number of para-hydroxylation sites is 1. The Kier molecular flexibility index (Phi) is 3.45. The minimum atomic E-state index is -1.06. The van der Waals surface area contributed by atoms with Gasteiger partial charge in [0.15, 0.2) is 11.3 Å². The molecule has 3 aromatic heterocycles. The number of hydrogen-bond donors (Lipinski definition) is 1. The second-order valence-corrected chi connectivity index (χ2v) is 7.29. The zero-order chi connectivity index (χ0) is 18.5. The fourth-order valence-electron chi connectivity index (χ4n) is 3.41. The Morgan fingerprint density at radius 2 is 1.78 bits per heavy atom. The van der Waals surface area contributed by atoms with Crippen molar-refractivity contribution in [2.75, 3.05) is 0 Å². The van der Waals surface area contributed by atoms with E-state index >= 15 is 0 Å². The minimum absolute atomic E-state index is 0.00843. The number of carbonyl (C=O) groups is 1. The lowest BCUT2D eigenvalue weighted by Gasteiger charge is -2.02. The molecule has 3 heterocycles. The highest BCUT2D eigenvalue weighted by Gasteiger charge is 2.23. The molecule has 5 aromatic rings. The molecule has 0 fully saturated rings. The molecule has 0 aliphatic carbocycles. The maximum absolute atomic E-state index is 11.9. The second-order valence-electron chi connectivity index (χ2n) is 6.21. The van der Waals surface area contributed by atoms with Crippen molar-refractivity contribution < 1.29 is 9.90 Å². The Balaban J connectivity index is 1.86. The summed E-state index contributed by atoms with van der Waals surface area (Å²) in [4.78, 5) is 17.9. The monoisotopic (exact) mass is 374 g/mol. The van der Waals surface area contributed by atoms with Crippen molar-refractivity contribution in [1.29, 1.82) is 0 Å². The van der Waals surface area contributed by atoms with Crippen molar-refractivity contribution in [3.05, 3.63) is 66.5 Å². The first-order valence-corrected chi connectivity index (χ1v) is 9.18. The lowest BCUT2D eigenvalue weighted by atomic mass is 10.2. The number of aromatic nitrogens is 4. The molecule has 0 saturated heterocycles. The van der Waals surface area contributed by atoms with E-state index in [0.29, 0.717) is 10.5 Å². The molecule has 0 aliphatic rings. The Hall–Kier alpha value is -3.32. The number of fused-ring (bicyclic) bond motifs is 5. The molecule has 1 N–H and O–H groups in total. The largest absolute Gasteiger partial charge is 0.476 e. The van der Waals surface area contributed by atoms with E-state index in [2.05, 4.69) is 10.1 Å². The average Bonchev–Trinajstić information content (AvgIpc) is 3.19. The summed E-state index contributed by atoms with van der Waals surface area (Å²) in [6.07, 6.45) is 1.80. The molecule has 0 bridgehead atoms. The smallest absolute Gasteiger partial charge is 0.357 e. The highest BCUT2D eigenvalue weighted by Crippen LogP contribution is 2.35. The van der Waals surface area contributed by atoms with Crippen molar-refractivity contribution in [1.82, 2.24) is 19.2 Å². The average molecular weight is 374 g/mol. The molecular formula is C20H14N4O2S. The molecule has 132 valence electrons. The van der Waals surface area contributed by atoms with E-state index in [1.165, 1.54) is 11.8 Å².